The number of carbonyl (C=O) groups excluding carboxylic acids is 2. The highest BCUT2D eigenvalue weighted by Gasteiger charge is 2.67. The molecule has 1 aliphatic rings. The van der Waals surface area contributed by atoms with Crippen molar-refractivity contribution in [1.82, 2.24) is 10.2 Å². The van der Waals surface area contributed by atoms with E-state index in [1.165, 1.54) is 0 Å². The lowest BCUT2D eigenvalue weighted by Gasteiger charge is -2.63. The van der Waals surface area contributed by atoms with E-state index in [1.54, 1.807) is 12.0 Å². The van der Waals surface area contributed by atoms with Crippen molar-refractivity contribution in [1.29, 1.82) is 0 Å². The average Bonchev–Trinajstić information content (AvgIpc) is 3.08. The number of amides is 1. The molecule has 1 saturated heterocycles. The van der Waals surface area contributed by atoms with Crippen LogP contribution < -0.4 is 10.1 Å². The highest BCUT2D eigenvalue weighted by molar-refractivity contribution is 6.48. The van der Waals surface area contributed by atoms with E-state index >= 15 is 0 Å². The van der Waals surface area contributed by atoms with Crippen LogP contribution in [0.1, 0.15) is 43.0 Å². The largest absolute Gasteiger partial charge is 0.497 e. The van der Waals surface area contributed by atoms with Gasteiger partial charge in [0.15, 0.2) is 9.04 Å². The Balaban J connectivity index is 1.57. The fourth-order valence-electron chi connectivity index (χ4n) is 6.84. The summed E-state index contributed by atoms with van der Waals surface area (Å²) in [6.45, 7) is 10.7. The lowest BCUT2D eigenvalue weighted by atomic mass is 9.64. The minimum atomic E-state index is -1.56. The fraction of sp³-hybridized carbons (Fsp3) is 0.333. The maximum absolute atomic E-state index is 14.8. The molecule has 246 valence electrons. The van der Waals surface area contributed by atoms with Gasteiger partial charge in [-0.25, -0.2) is 0 Å². The number of esters is 1. The summed E-state index contributed by atoms with van der Waals surface area (Å²) in [5.74, 6) is 0.0876. The maximum Gasteiger partial charge on any atom is 0.325 e. The molecule has 0 bridgehead atoms. The lowest BCUT2D eigenvalue weighted by molar-refractivity contribution is -0.184. The van der Waals surface area contributed by atoms with E-state index in [-0.39, 0.29) is 31.7 Å². The van der Waals surface area contributed by atoms with Gasteiger partial charge in [-0.1, -0.05) is 124 Å². The van der Waals surface area contributed by atoms with Gasteiger partial charge in [-0.3, -0.25) is 14.9 Å². The summed E-state index contributed by atoms with van der Waals surface area (Å²) in [5.41, 5.74) is 1.35. The fourth-order valence-corrected chi connectivity index (χ4v) is 7.44. The van der Waals surface area contributed by atoms with Crippen molar-refractivity contribution in [2.75, 3.05) is 20.3 Å². The molecule has 8 heteroatoms. The summed E-state index contributed by atoms with van der Waals surface area (Å²) in [4.78, 5) is 29.8. The minimum absolute atomic E-state index is 0.107. The SMILES string of the molecule is COc1ccc(COC(=O)CN2C(=O)[C@](CO[SiH](C)C)(NC(c3ccccc3)(c3ccccc3)c3ccccc3)[C@@H]2C(C)(C)C)cc1. The van der Waals surface area contributed by atoms with Gasteiger partial charge < -0.3 is 18.8 Å². The number of ether oxygens (including phenoxy) is 2. The number of nitrogens with one attached hydrogen (secondary N) is 1. The van der Waals surface area contributed by atoms with E-state index in [0.717, 1.165) is 28.0 Å². The minimum Gasteiger partial charge on any atom is -0.497 e. The number of hydrogen-bond donors (Lipinski definition) is 1. The predicted octanol–water partition coefficient (Wildman–Crippen LogP) is 6.32. The van der Waals surface area contributed by atoms with Gasteiger partial charge in [-0.15, -0.1) is 0 Å². The summed E-state index contributed by atoms with van der Waals surface area (Å²) in [7, 11) is 0.0479. The maximum atomic E-state index is 14.8. The second-order valence-corrected chi connectivity index (χ2v) is 15.9. The van der Waals surface area contributed by atoms with Crippen LogP contribution in [0.25, 0.3) is 0 Å². The van der Waals surface area contributed by atoms with Crippen molar-refractivity contribution in [3.05, 3.63) is 138 Å². The zero-order valence-corrected chi connectivity index (χ0v) is 29.4. The van der Waals surface area contributed by atoms with Crippen LogP contribution in [-0.2, 0) is 30.9 Å². The molecule has 47 heavy (non-hydrogen) atoms. The molecule has 4 aromatic rings. The summed E-state index contributed by atoms with van der Waals surface area (Å²) in [6, 6.07) is 37.7. The Morgan fingerprint density at radius 3 is 1.72 bits per heavy atom. The molecular formula is C39H46N2O5Si. The normalized spacial score (nSPS) is 18.1. The van der Waals surface area contributed by atoms with Gasteiger partial charge >= 0.3 is 5.97 Å². The summed E-state index contributed by atoms with van der Waals surface area (Å²) >= 11 is 0. The summed E-state index contributed by atoms with van der Waals surface area (Å²) < 4.78 is 17.4. The Morgan fingerprint density at radius 1 is 0.809 bits per heavy atom. The first kappa shape index (κ1) is 34.1. The van der Waals surface area contributed by atoms with Crippen molar-refractivity contribution < 1.29 is 23.5 Å². The third-order valence-electron chi connectivity index (χ3n) is 8.77. The summed E-state index contributed by atoms with van der Waals surface area (Å²) in [6.07, 6.45) is 0. The molecule has 0 spiro atoms. The molecule has 0 radical (unpaired) electrons. The van der Waals surface area contributed by atoms with Crippen molar-refractivity contribution in [3.8, 4) is 5.75 Å². The van der Waals surface area contributed by atoms with Gasteiger partial charge in [-0.2, -0.15) is 0 Å². The molecule has 1 heterocycles. The monoisotopic (exact) mass is 650 g/mol. The van der Waals surface area contributed by atoms with Crippen LogP contribution in [0.4, 0.5) is 0 Å². The Labute approximate surface area is 280 Å². The average molecular weight is 651 g/mol. The molecule has 0 aliphatic carbocycles. The molecule has 1 aliphatic heterocycles. The molecule has 5 rings (SSSR count). The number of carbonyl (C=O) groups is 2. The zero-order valence-electron chi connectivity index (χ0n) is 28.2. The third-order valence-corrected chi connectivity index (χ3v) is 9.61. The van der Waals surface area contributed by atoms with E-state index in [0.29, 0.717) is 0 Å². The lowest BCUT2D eigenvalue weighted by Crippen LogP contribution is -2.86. The van der Waals surface area contributed by atoms with Crippen LogP contribution in [-0.4, -0.2) is 57.7 Å². The molecule has 4 aromatic carbocycles. The van der Waals surface area contributed by atoms with E-state index in [4.69, 9.17) is 13.9 Å². The topological polar surface area (TPSA) is 77.1 Å². The molecule has 1 N–H and O–H groups in total. The van der Waals surface area contributed by atoms with E-state index in [9.17, 15) is 9.59 Å². The van der Waals surface area contributed by atoms with Crippen LogP contribution in [0.15, 0.2) is 115 Å². The first-order valence-electron chi connectivity index (χ1n) is 16.2. The van der Waals surface area contributed by atoms with Crippen LogP contribution in [0, 0.1) is 5.41 Å². The molecule has 0 unspecified atom stereocenters. The molecule has 1 fully saturated rings. The van der Waals surface area contributed by atoms with Gasteiger partial charge in [-0.05, 0) is 52.9 Å². The van der Waals surface area contributed by atoms with Crippen LogP contribution in [0.5, 0.6) is 5.75 Å². The summed E-state index contributed by atoms with van der Waals surface area (Å²) in [5, 5.41) is 4.01. The molecule has 0 saturated carbocycles. The number of rotatable bonds is 13. The number of hydrogen-bond acceptors (Lipinski definition) is 6. The number of β-lactam (4-membered cyclic amide) rings is 1. The number of methoxy groups -OCH3 is 1. The number of nitrogens with zero attached hydrogens (tertiary/aromatic N) is 1. The first-order valence-corrected chi connectivity index (χ1v) is 19.0. The molecule has 1 amide bonds. The predicted molar refractivity (Wildman–Crippen MR) is 188 cm³/mol. The van der Waals surface area contributed by atoms with E-state index in [1.807, 2.05) is 78.9 Å². The first-order chi connectivity index (χ1) is 22.5. The van der Waals surface area contributed by atoms with Gasteiger partial charge in [0.05, 0.1) is 25.3 Å². The van der Waals surface area contributed by atoms with Crippen molar-refractivity contribution in [2.24, 2.45) is 5.41 Å². The second-order valence-electron chi connectivity index (χ2n) is 13.5. The van der Waals surface area contributed by atoms with Gasteiger partial charge in [0, 0.05) is 0 Å². The van der Waals surface area contributed by atoms with Crippen molar-refractivity contribution in [3.63, 3.8) is 0 Å². The Kier molecular flexibility index (Phi) is 10.3. The van der Waals surface area contributed by atoms with Crippen LogP contribution in [0.2, 0.25) is 13.1 Å². The Morgan fingerprint density at radius 2 is 1.30 bits per heavy atom. The standard InChI is InChI=1S/C39H46N2O5Si/c1-37(2,3)35-38(28-46-47(5)6,36(43)41(35)26-34(42)45-27-29-22-24-33(44-4)25-23-29)40-39(30-16-10-7-11-17-30,31-18-12-8-13-19-31)32-20-14-9-15-21-32/h7-25,35,40,47H,26-28H2,1-6H3/t35-,38+/m0/s1. The highest BCUT2D eigenvalue weighted by Crippen LogP contribution is 2.47. The number of likely N-dealkylation sites (tertiary alicyclic amines) is 1. The second kappa shape index (κ2) is 14.3. The van der Waals surface area contributed by atoms with Gasteiger partial charge in [0.2, 0.25) is 5.91 Å². The van der Waals surface area contributed by atoms with Gasteiger partial charge in [0.1, 0.15) is 24.4 Å². The highest BCUT2D eigenvalue weighted by atomic mass is 28.3. The van der Waals surface area contributed by atoms with E-state index < -0.39 is 31.5 Å². The molecular weight excluding hydrogens is 605 g/mol. The van der Waals surface area contributed by atoms with Crippen LogP contribution >= 0.6 is 0 Å². The quantitative estimate of drug-likeness (QED) is 0.0791. The molecule has 2 atom stereocenters. The van der Waals surface area contributed by atoms with Gasteiger partial charge in [0.25, 0.3) is 0 Å². The molecule has 0 aromatic heterocycles. The smallest absolute Gasteiger partial charge is 0.325 e. The zero-order chi connectivity index (χ0) is 33.7. The van der Waals surface area contributed by atoms with E-state index in [2.05, 4.69) is 75.6 Å². The van der Waals surface area contributed by atoms with Crippen molar-refractivity contribution in [2.45, 2.75) is 57.6 Å². The number of benzene rings is 4. The Hall–Kier alpha value is -4.24. The molecule has 7 nitrogen and oxygen atoms in total. The van der Waals surface area contributed by atoms with Crippen LogP contribution in [0.3, 0.4) is 0 Å². The third kappa shape index (κ3) is 7.05. The Bertz CT molecular complexity index is 1530. The van der Waals surface area contributed by atoms with Crippen molar-refractivity contribution >= 4 is 20.9 Å².